The van der Waals surface area contributed by atoms with Crippen LogP contribution >= 0.6 is 0 Å². The Labute approximate surface area is 83.1 Å². The maximum Gasteiger partial charge on any atom is 0.407 e. The van der Waals surface area contributed by atoms with E-state index in [4.69, 9.17) is 5.11 Å². The summed E-state index contributed by atoms with van der Waals surface area (Å²) in [5, 5.41) is 11.5. The van der Waals surface area contributed by atoms with Crippen LogP contribution in [0.1, 0.15) is 19.8 Å². The minimum absolute atomic E-state index is 0.0579. The molecule has 1 atom stereocenters. The second kappa shape index (κ2) is 4.83. The highest BCUT2D eigenvalue weighted by Crippen LogP contribution is 2.15. The second-order valence-corrected chi connectivity index (χ2v) is 3.67. The van der Waals surface area contributed by atoms with Crippen molar-refractivity contribution < 1.29 is 14.7 Å². The summed E-state index contributed by atoms with van der Waals surface area (Å²) in [5.74, 6) is 0.209. The quantitative estimate of drug-likeness (QED) is 0.682. The first-order valence-corrected chi connectivity index (χ1v) is 4.82. The number of carbonyl (C=O) groups is 2. The first-order chi connectivity index (χ1) is 6.59. The lowest BCUT2D eigenvalue weighted by Gasteiger charge is -2.30. The van der Waals surface area contributed by atoms with Crippen LogP contribution in [0.15, 0.2) is 0 Å². The molecule has 0 bridgehead atoms. The monoisotopic (exact) mass is 200 g/mol. The van der Waals surface area contributed by atoms with E-state index in [1.54, 1.807) is 0 Å². The largest absolute Gasteiger partial charge is 0.465 e. The predicted molar refractivity (Wildman–Crippen MR) is 51.0 cm³/mol. The molecule has 0 radical (unpaired) electrons. The summed E-state index contributed by atoms with van der Waals surface area (Å²) in [6.07, 6.45) is 1.01. The highest BCUT2D eigenvalue weighted by atomic mass is 16.4. The summed E-state index contributed by atoms with van der Waals surface area (Å²) in [7, 11) is 0. The third-order valence-electron chi connectivity index (χ3n) is 2.43. The summed E-state index contributed by atoms with van der Waals surface area (Å²) < 4.78 is 0. The molecule has 1 aliphatic rings. The van der Waals surface area contributed by atoms with Crippen molar-refractivity contribution >= 4 is 12.0 Å². The maximum absolute atomic E-state index is 10.7. The van der Waals surface area contributed by atoms with E-state index in [0.29, 0.717) is 19.6 Å². The van der Waals surface area contributed by atoms with E-state index in [1.165, 1.54) is 11.8 Å². The van der Waals surface area contributed by atoms with Crippen molar-refractivity contribution in [2.24, 2.45) is 5.92 Å². The number of nitrogens with zero attached hydrogens (tertiary/aromatic N) is 1. The van der Waals surface area contributed by atoms with E-state index in [-0.39, 0.29) is 11.8 Å². The maximum atomic E-state index is 10.7. The van der Waals surface area contributed by atoms with Crippen LogP contribution in [0, 0.1) is 5.92 Å². The third kappa shape index (κ3) is 3.24. The summed E-state index contributed by atoms with van der Waals surface area (Å²) in [5.41, 5.74) is 0. The van der Waals surface area contributed by atoms with E-state index in [0.717, 1.165) is 12.8 Å². The van der Waals surface area contributed by atoms with Crippen LogP contribution in [-0.4, -0.2) is 41.6 Å². The van der Waals surface area contributed by atoms with Gasteiger partial charge >= 0.3 is 6.09 Å². The molecule has 1 fully saturated rings. The molecule has 0 aromatic heterocycles. The molecule has 1 aliphatic heterocycles. The van der Waals surface area contributed by atoms with Gasteiger partial charge in [0.2, 0.25) is 5.91 Å². The number of carbonyl (C=O) groups excluding carboxylic acids is 1. The van der Waals surface area contributed by atoms with E-state index in [1.807, 2.05) is 0 Å². The van der Waals surface area contributed by atoms with E-state index >= 15 is 0 Å². The van der Waals surface area contributed by atoms with Gasteiger partial charge in [0.05, 0.1) is 0 Å². The van der Waals surface area contributed by atoms with Crippen LogP contribution in [-0.2, 0) is 4.79 Å². The Bertz CT molecular complexity index is 230. The van der Waals surface area contributed by atoms with Crippen molar-refractivity contribution in [3.8, 4) is 0 Å². The third-order valence-corrected chi connectivity index (χ3v) is 2.43. The lowest BCUT2D eigenvalue weighted by molar-refractivity contribution is -0.119. The van der Waals surface area contributed by atoms with Crippen LogP contribution in [0.4, 0.5) is 4.79 Å². The zero-order valence-electron chi connectivity index (χ0n) is 8.32. The van der Waals surface area contributed by atoms with Crippen molar-refractivity contribution in [2.45, 2.75) is 19.8 Å². The Morgan fingerprint density at radius 3 is 2.86 bits per heavy atom. The summed E-state index contributed by atoms with van der Waals surface area (Å²) >= 11 is 0. The molecule has 14 heavy (non-hydrogen) atoms. The molecular formula is C9H16N2O3. The number of nitrogens with one attached hydrogen (secondary N) is 1. The van der Waals surface area contributed by atoms with Gasteiger partial charge in [-0.25, -0.2) is 4.79 Å². The zero-order chi connectivity index (χ0) is 10.6. The van der Waals surface area contributed by atoms with Crippen LogP contribution in [0.5, 0.6) is 0 Å². The molecule has 1 heterocycles. The van der Waals surface area contributed by atoms with Gasteiger partial charge in [0.1, 0.15) is 0 Å². The number of hydrogen-bond donors (Lipinski definition) is 2. The van der Waals surface area contributed by atoms with Crippen molar-refractivity contribution in [2.75, 3.05) is 19.6 Å². The van der Waals surface area contributed by atoms with E-state index in [9.17, 15) is 9.59 Å². The van der Waals surface area contributed by atoms with Gasteiger partial charge in [0, 0.05) is 26.6 Å². The zero-order valence-corrected chi connectivity index (χ0v) is 8.32. The number of hydrogen-bond acceptors (Lipinski definition) is 2. The molecule has 80 valence electrons. The molecule has 5 heteroatoms. The number of rotatable bonds is 2. The van der Waals surface area contributed by atoms with Gasteiger partial charge in [0.25, 0.3) is 0 Å². The van der Waals surface area contributed by atoms with E-state index in [2.05, 4.69) is 5.32 Å². The van der Waals surface area contributed by atoms with Crippen molar-refractivity contribution in [1.29, 1.82) is 0 Å². The second-order valence-electron chi connectivity index (χ2n) is 3.67. The van der Waals surface area contributed by atoms with Gasteiger partial charge in [-0.15, -0.1) is 0 Å². The topological polar surface area (TPSA) is 69.6 Å². The molecule has 0 spiro atoms. The Morgan fingerprint density at radius 1 is 1.57 bits per heavy atom. The fourth-order valence-corrected chi connectivity index (χ4v) is 1.69. The highest BCUT2D eigenvalue weighted by Gasteiger charge is 2.22. The van der Waals surface area contributed by atoms with Crippen molar-refractivity contribution in [1.82, 2.24) is 10.2 Å². The molecular weight excluding hydrogens is 184 g/mol. The van der Waals surface area contributed by atoms with Gasteiger partial charge in [-0.1, -0.05) is 0 Å². The minimum atomic E-state index is -0.863. The fourth-order valence-electron chi connectivity index (χ4n) is 1.69. The molecule has 2 amide bonds. The van der Waals surface area contributed by atoms with Gasteiger partial charge in [-0.3, -0.25) is 4.79 Å². The SMILES string of the molecule is CC(=O)NC[C@H]1CCCN(C(=O)O)C1. The van der Waals surface area contributed by atoms with Crippen LogP contribution in [0.3, 0.4) is 0 Å². The molecule has 0 aromatic rings. The molecule has 0 aliphatic carbocycles. The molecule has 1 rings (SSSR count). The molecule has 0 saturated carbocycles. The summed E-state index contributed by atoms with van der Waals surface area (Å²) in [6.45, 7) is 3.21. The number of carboxylic acid groups (broad SMARTS) is 1. The van der Waals surface area contributed by atoms with Crippen LogP contribution < -0.4 is 5.32 Å². The smallest absolute Gasteiger partial charge is 0.407 e. The Balaban J connectivity index is 2.32. The number of piperidine rings is 1. The summed E-state index contributed by atoms with van der Waals surface area (Å²) in [4.78, 5) is 22.8. The lowest BCUT2D eigenvalue weighted by Crippen LogP contribution is -2.42. The normalized spacial score (nSPS) is 21.8. The number of amides is 2. The molecule has 2 N–H and O–H groups in total. The fraction of sp³-hybridized carbons (Fsp3) is 0.778. The first-order valence-electron chi connectivity index (χ1n) is 4.82. The van der Waals surface area contributed by atoms with Crippen LogP contribution in [0.25, 0.3) is 0 Å². The molecule has 1 saturated heterocycles. The first kappa shape index (κ1) is 10.8. The van der Waals surface area contributed by atoms with Gasteiger partial charge < -0.3 is 15.3 Å². The molecule has 0 unspecified atom stereocenters. The minimum Gasteiger partial charge on any atom is -0.465 e. The molecule has 0 aromatic carbocycles. The Kier molecular flexibility index (Phi) is 3.73. The average Bonchev–Trinajstić information content (AvgIpc) is 2.15. The van der Waals surface area contributed by atoms with Gasteiger partial charge in [-0.05, 0) is 18.8 Å². The number of likely N-dealkylation sites (tertiary alicyclic amines) is 1. The molecule has 5 nitrogen and oxygen atoms in total. The highest BCUT2D eigenvalue weighted by molar-refractivity contribution is 5.72. The summed E-state index contributed by atoms with van der Waals surface area (Å²) in [6, 6.07) is 0. The average molecular weight is 200 g/mol. The van der Waals surface area contributed by atoms with E-state index < -0.39 is 6.09 Å². The van der Waals surface area contributed by atoms with Crippen molar-refractivity contribution in [3.63, 3.8) is 0 Å². The Hall–Kier alpha value is -1.26. The van der Waals surface area contributed by atoms with Crippen molar-refractivity contribution in [3.05, 3.63) is 0 Å². The van der Waals surface area contributed by atoms with Crippen LogP contribution in [0.2, 0.25) is 0 Å². The predicted octanol–water partition coefficient (Wildman–Crippen LogP) is 0.513. The Morgan fingerprint density at radius 2 is 2.29 bits per heavy atom. The van der Waals surface area contributed by atoms with Gasteiger partial charge in [-0.2, -0.15) is 0 Å². The lowest BCUT2D eigenvalue weighted by atomic mass is 9.98. The standard InChI is InChI=1S/C9H16N2O3/c1-7(12)10-5-8-3-2-4-11(6-8)9(13)14/h8H,2-6H2,1H3,(H,10,12)(H,13,14)/t8-/m1/s1. The van der Waals surface area contributed by atoms with Gasteiger partial charge in [0.15, 0.2) is 0 Å².